The summed E-state index contributed by atoms with van der Waals surface area (Å²) in [6.07, 6.45) is 8.44. The Bertz CT molecular complexity index is 863. The van der Waals surface area contributed by atoms with Crippen molar-refractivity contribution in [3.63, 3.8) is 0 Å². The van der Waals surface area contributed by atoms with Crippen molar-refractivity contribution in [1.82, 2.24) is 22.9 Å². The molecule has 0 aromatic carbocycles. The standard InChI is InChI=1S/C12H13N5O2S/c1-15(2)20(18,19)17-9-11(8-14-17)10-3-5-16-6-4-13-12(16)7-10/h3-9H,1-2H3. The fourth-order valence-corrected chi connectivity index (χ4v) is 2.58. The van der Waals surface area contributed by atoms with E-state index in [0.717, 1.165) is 25.2 Å². The topological polar surface area (TPSA) is 72.5 Å². The maximum absolute atomic E-state index is 12.0. The van der Waals surface area contributed by atoms with E-state index in [1.165, 1.54) is 26.5 Å². The zero-order valence-electron chi connectivity index (χ0n) is 11.0. The van der Waals surface area contributed by atoms with E-state index in [4.69, 9.17) is 0 Å². The minimum atomic E-state index is -3.58. The Balaban J connectivity index is 2.05. The van der Waals surface area contributed by atoms with E-state index in [1.54, 1.807) is 6.20 Å². The summed E-state index contributed by atoms with van der Waals surface area (Å²) in [6, 6.07) is 3.77. The van der Waals surface area contributed by atoms with Crippen LogP contribution in [0.25, 0.3) is 16.8 Å². The second kappa shape index (κ2) is 4.43. The number of nitrogens with zero attached hydrogens (tertiary/aromatic N) is 5. The van der Waals surface area contributed by atoms with Crippen LogP contribution in [0.1, 0.15) is 0 Å². The van der Waals surface area contributed by atoms with Crippen LogP contribution < -0.4 is 0 Å². The largest absolute Gasteiger partial charge is 0.322 e. The lowest BCUT2D eigenvalue weighted by Gasteiger charge is -2.09. The minimum absolute atomic E-state index is 0.723. The van der Waals surface area contributed by atoms with Crippen molar-refractivity contribution in [3.8, 4) is 11.1 Å². The molecule has 0 atom stereocenters. The highest BCUT2D eigenvalue weighted by Gasteiger charge is 2.17. The number of aromatic nitrogens is 4. The maximum atomic E-state index is 12.0. The monoisotopic (exact) mass is 291 g/mol. The van der Waals surface area contributed by atoms with Crippen molar-refractivity contribution in [2.24, 2.45) is 0 Å². The molecule has 0 aliphatic carbocycles. The third-order valence-corrected chi connectivity index (χ3v) is 4.58. The van der Waals surface area contributed by atoms with Crippen molar-refractivity contribution >= 4 is 15.9 Å². The highest BCUT2D eigenvalue weighted by atomic mass is 32.2. The molecule has 3 aromatic heterocycles. The van der Waals surface area contributed by atoms with Gasteiger partial charge in [-0.25, -0.2) is 4.98 Å². The van der Waals surface area contributed by atoms with Gasteiger partial charge in [-0.1, -0.05) is 0 Å². The number of rotatable bonds is 3. The van der Waals surface area contributed by atoms with Crippen LogP contribution in [-0.4, -0.2) is 45.4 Å². The highest BCUT2D eigenvalue weighted by Crippen LogP contribution is 2.20. The van der Waals surface area contributed by atoms with E-state index < -0.39 is 10.2 Å². The van der Waals surface area contributed by atoms with Gasteiger partial charge in [-0.2, -0.15) is 21.9 Å². The molecule has 0 N–H and O–H groups in total. The summed E-state index contributed by atoms with van der Waals surface area (Å²) in [5, 5.41) is 3.91. The van der Waals surface area contributed by atoms with Crippen LogP contribution in [0.2, 0.25) is 0 Å². The Labute approximate surface area is 116 Å². The van der Waals surface area contributed by atoms with Gasteiger partial charge in [-0.05, 0) is 17.7 Å². The molecule has 0 saturated heterocycles. The van der Waals surface area contributed by atoms with Gasteiger partial charge in [0, 0.05) is 38.2 Å². The smallest absolute Gasteiger partial charge is 0.307 e. The highest BCUT2D eigenvalue weighted by molar-refractivity contribution is 7.87. The van der Waals surface area contributed by atoms with Gasteiger partial charge in [0.25, 0.3) is 0 Å². The summed E-state index contributed by atoms with van der Waals surface area (Å²) >= 11 is 0. The van der Waals surface area contributed by atoms with Crippen molar-refractivity contribution in [1.29, 1.82) is 0 Å². The molecule has 0 fully saturated rings. The van der Waals surface area contributed by atoms with Gasteiger partial charge in [0.1, 0.15) is 5.65 Å². The van der Waals surface area contributed by atoms with Crippen molar-refractivity contribution in [2.75, 3.05) is 14.1 Å². The molecule has 3 rings (SSSR count). The molecular formula is C12H13N5O2S. The molecule has 20 heavy (non-hydrogen) atoms. The lowest BCUT2D eigenvalue weighted by atomic mass is 10.1. The van der Waals surface area contributed by atoms with E-state index in [9.17, 15) is 8.42 Å². The fourth-order valence-electron chi connectivity index (χ4n) is 1.84. The van der Waals surface area contributed by atoms with Crippen LogP contribution >= 0.6 is 0 Å². The summed E-state index contributed by atoms with van der Waals surface area (Å²) < 4.78 is 27.9. The first-order valence-corrected chi connectivity index (χ1v) is 7.29. The van der Waals surface area contributed by atoms with E-state index in [-0.39, 0.29) is 0 Å². The van der Waals surface area contributed by atoms with Crippen molar-refractivity contribution in [3.05, 3.63) is 43.1 Å². The molecule has 104 valence electrons. The Morgan fingerprint density at radius 2 is 2.00 bits per heavy atom. The van der Waals surface area contributed by atoms with Crippen LogP contribution in [0.5, 0.6) is 0 Å². The summed E-state index contributed by atoms with van der Waals surface area (Å²) in [5.41, 5.74) is 2.38. The molecule has 3 aromatic rings. The minimum Gasteiger partial charge on any atom is -0.307 e. The molecule has 0 bridgehead atoms. The van der Waals surface area contributed by atoms with Gasteiger partial charge in [0.05, 0.1) is 12.4 Å². The van der Waals surface area contributed by atoms with Crippen LogP contribution in [0.15, 0.2) is 43.1 Å². The number of pyridine rings is 1. The molecule has 0 saturated carbocycles. The predicted octanol–water partition coefficient (Wildman–Crippen LogP) is 0.852. The van der Waals surface area contributed by atoms with E-state index in [2.05, 4.69) is 10.1 Å². The molecule has 0 spiro atoms. The first kappa shape index (κ1) is 12.8. The van der Waals surface area contributed by atoms with Gasteiger partial charge >= 0.3 is 10.2 Å². The molecule has 8 heteroatoms. The quantitative estimate of drug-likeness (QED) is 0.717. The van der Waals surface area contributed by atoms with Crippen LogP contribution in [0.3, 0.4) is 0 Å². The van der Waals surface area contributed by atoms with Gasteiger partial charge < -0.3 is 4.40 Å². The van der Waals surface area contributed by atoms with E-state index >= 15 is 0 Å². The number of hydrogen-bond donors (Lipinski definition) is 0. The molecule has 3 heterocycles. The Morgan fingerprint density at radius 3 is 2.75 bits per heavy atom. The normalized spacial score (nSPS) is 12.3. The van der Waals surface area contributed by atoms with Gasteiger partial charge in [0.2, 0.25) is 0 Å². The SMILES string of the molecule is CN(C)S(=O)(=O)n1cc(-c2ccn3ccnc3c2)cn1. The van der Waals surface area contributed by atoms with Gasteiger partial charge in [-0.3, -0.25) is 0 Å². The van der Waals surface area contributed by atoms with Gasteiger partial charge in [-0.15, -0.1) is 0 Å². The summed E-state index contributed by atoms with van der Waals surface area (Å²) in [5.74, 6) is 0. The Morgan fingerprint density at radius 1 is 1.20 bits per heavy atom. The van der Waals surface area contributed by atoms with E-state index in [1.807, 2.05) is 28.9 Å². The first-order valence-electron chi connectivity index (χ1n) is 5.89. The van der Waals surface area contributed by atoms with Crippen molar-refractivity contribution in [2.45, 2.75) is 0 Å². The average Bonchev–Trinajstić information content (AvgIpc) is 3.06. The Kier molecular flexibility index (Phi) is 2.84. The lowest BCUT2D eigenvalue weighted by Crippen LogP contribution is -2.29. The predicted molar refractivity (Wildman–Crippen MR) is 74.4 cm³/mol. The summed E-state index contributed by atoms with van der Waals surface area (Å²) in [6.45, 7) is 0. The Hall–Kier alpha value is -2.19. The van der Waals surface area contributed by atoms with Crippen LogP contribution in [-0.2, 0) is 10.2 Å². The van der Waals surface area contributed by atoms with Gasteiger partial charge in [0.15, 0.2) is 0 Å². The summed E-state index contributed by atoms with van der Waals surface area (Å²) in [4.78, 5) is 4.20. The molecular weight excluding hydrogens is 278 g/mol. The zero-order valence-corrected chi connectivity index (χ0v) is 11.8. The maximum Gasteiger partial charge on any atom is 0.322 e. The lowest BCUT2D eigenvalue weighted by molar-refractivity contribution is 0.504. The van der Waals surface area contributed by atoms with Crippen LogP contribution in [0.4, 0.5) is 0 Å². The molecule has 0 aliphatic heterocycles. The third-order valence-electron chi connectivity index (χ3n) is 2.99. The zero-order chi connectivity index (χ0) is 14.3. The molecule has 0 aliphatic rings. The third kappa shape index (κ3) is 1.98. The molecule has 0 radical (unpaired) electrons. The average molecular weight is 291 g/mol. The van der Waals surface area contributed by atoms with E-state index in [0.29, 0.717) is 0 Å². The first-order chi connectivity index (χ1) is 9.48. The number of imidazole rings is 1. The molecule has 7 nitrogen and oxygen atoms in total. The summed E-state index contributed by atoms with van der Waals surface area (Å²) in [7, 11) is -0.647. The number of fused-ring (bicyclic) bond motifs is 1. The molecule has 0 unspecified atom stereocenters. The fraction of sp³-hybridized carbons (Fsp3) is 0.167. The van der Waals surface area contributed by atoms with Crippen LogP contribution in [0, 0.1) is 0 Å². The molecule has 0 amide bonds. The second-order valence-electron chi connectivity index (χ2n) is 4.50. The number of hydrogen-bond acceptors (Lipinski definition) is 4. The van der Waals surface area contributed by atoms with Crippen molar-refractivity contribution < 1.29 is 8.42 Å². The second-order valence-corrected chi connectivity index (χ2v) is 6.50.